The van der Waals surface area contributed by atoms with Gasteiger partial charge >= 0.3 is 19.8 Å². The number of unbranched alkanes of at least 4 members (excludes halogenated alkanes) is 33. The van der Waals surface area contributed by atoms with Crippen molar-refractivity contribution < 1.29 is 42.1 Å². The topological polar surface area (TPSA) is 108 Å². The lowest BCUT2D eigenvalue weighted by molar-refractivity contribution is -0.870. The molecule has 592 valence electrons. The van der Waals surface area contributed by atoms with E-state index < -0.39 is 26.5 Å². The Hall–Kier alpha value is -4.89. The quantitative estimate of drug-likeness (QED) is 0.0211. The summed E-state index contributed by atoms with van der Waals surface area (Å²) < 4.78 is 34.9. The van der Waals surface area contributed by atoms with Crippen LogP contribution in [0.25, 0.3) is 0 Å². The average Bonchev–Trinajstić information content (AvgIpc) is 0.915. The van der Waals surface area contributed by atoms with E-state index in [9.17, 15) is 19.0 Å². The number of phosphoric acid groups is 1. The highest BCUT2D eigenvalue weighted by Gasteiger charge is 2.27. The molecule has 0 aromatic rings. The minimum Gasteiger partial charge on any atom is -0.462 e. The highest BCUT2D eigenvalue weighted by atomic mass is 31.2. The van der Waals surface area contributed by atoms with Gasteiger partial charge in [-0.25, -0.2) is 4.57 Å². The Balaban J connectivity index is 3.98. The number of carbonyl (C=O) groups is 2. The molecule has 0 aromatic carbocycles. The van der Waals surface area contributed by atoms with Crippen LogP contribution in [-0.4, -0.2) is 74.9 Å². The summed E-state index contributed by atoms with van der Waals surface area (Å²) in [4.78, 5) is 36.0. The van der Waals surface area contributed by atoms with Crippen molar-refractivity contribution in [1.29, 1.82) is 0 Å². The summed E-state index contributed by atoms with van der Waals surface area (Å²) in [5, 5.41) is 0. The fourth-order valence-electron chi connectivity index (χ4n) is 11.5. The van der Waals surface area contributed by atoms with Crippen molar-refractivity contribution in [2.24, 2.45) is 0 Å². The van der Waals surface area contributed by atoms with Crippen molar-refractivity contribution in [3.8, 4) is 0 Å². The van der Waals surface area contributed by atoms with Gasteiger partial charge in [0.2, 0.25) is 0 Å². The van der Waals surface area contributed by atoms with Crippen LogP contribution < -0.4 is 0 Å². The molecule has 0 radical (unpaired) electrons. The smallest absolute Gasteiger partial charge is 0.462 e. The maximum absolute atomic E-state index is 12.9. The number of likely N-dealkylation sites (N-methyl/N-ethyl adjacent to an activating group) is 1. The Morgan fingerprint density at radius 2 is 0.519 bits per heavy atom. The molecular formula is C94H159NO8P+. The summed E-state index contributed by atoms with van der Waals surface area (Å²) in [6.45, 7) is 4.22. The van der Waals surface area contributed by atoms with Gasteiger partial charge in [0, 0.05) is 12.8 Å². The molecule has 0 bridgehead atoms. The normalized spacial score (nSPS) is 13.9. The summed E-state index contributed by atoms with van der Waals surface area (Å²) >= 11 is 0. The van der Waals surface area contributed by atoms with E-state index in [1.807, 2.05) is 21.1 Å². The predicted octanol–water partition coefficient (Wildman–Crippen LogP) is 28.9. The molecule has 2 unspecified atom stereocenters. The van der Waals surface area contributed by atoms with E-state index in [2.05, 4.69) is 196 Å². The summed E-state index contributed by atoms with van der Waals surface area (Å²) in [6.07, 6.45) is 126. The van der Waals surface area contributed by atoms with Gasteiger partial charge in [-0.1, -0.05) is 382 Å². The lowest BCUT2D eigenvalue weighted by Crippen LogP contribution is -2.37. The highest BCUT2D eigenvalue weighted by Crippen LogP contribution is 2.43. The van der Waals surface area contributed by atoms with E-state index >= 15 is 0 Å². The molecule has 0 saturated carbocycles. The maximum atomic E-state index is 12.9. The molecule has 2 atom stereocenters. The summed E-state index contributed by atoms with van der Waals surface area (Å²) in [7, 11) is 1.47. The molecule has 0 fully saturated rings. The van der Waals surface area contributed by atoms with E-state index in [0.717, 1.165) is 141 Å². The third-order valence-electron chi connectivity index (χ3n) is 17.9. The van der Waals surface area contributed by atoms with Crippen LogP contribution in [-0.2, 0) is 32.7 Å². The monoisotopic (exact) mass is 1460 g/mol. The van der Waals surface area contributed by atoms with Gasteiger partial charge in [0.05, 0.1) is 27.7 Å². The fourth-order valence-corrected chi connectivity index (χ4v) is 12.3. The second-order valence-corrected chi connectivity index (χ2v) is 30.6. The first-order valence-corrected chi connectivity index (χ1v) is 44.0. The van der Waals surface area contributed by atoms with Gasteiger partial charge in [-0.3, -0.25) is 18.6 Å². The number of hydrogen-bond acceptors (Lipinski definition) is 7. The number of phosphoric ester groups is 1. The largest absolute Gasteiger partial charge is 0.472 e. The number of esters is 2. The van der Waals surface area contributed by atoms with Crippen molar-refractivity contribution in [2.75, 3.05) is 47.5 Å². The van der Waals surface area contributed by atoms with Gasteiger partial charge in [-0.05, 0) is 135 Å². The Morgan fingerprint density at radius 3 is 0.769 bits per heavy atom. The van der Waals surface area contributed by atoms with Crippen LogP contribution in [0.3, 0.4) is 0 Å². The Kier molecular flexibility index (Phi) is 78.3. The zero-order valence-corrected chi connectivity index (χ0v) is 68.6. The molecule has 0 aliphatic carbocycles. The first-order valence-electron chi connectivity index (χ1n) is 42.5. The summed E-state index contributed by atoms with van der Waals surface area (Å²) in [5.41, 5.74) is 0. The maximum Gasteiger partial charge on any atom is 0.472 e. The second kappa shape index (κ2) is 82.2. The zero-order valence-electron chi connectivity index (χ0n) is 67.7. The number of rotatable bonds is 77. The van der Waals surface area contributed by atoms with Crippen molar-refractivity contribution in [1.82, 2.24) is 0 Å². The van der Waals surface area contributed by atoms with Crippen molar-refractivity contribution in [3.63, 3.8) is 0 Å². The zero-order chi connectivity index (χ0) is 75.4. The molecule has 0 aliphatic heterocycles. The van der Waals surface area contributed by atoms with Crippen LogP contribution in [0.4, 0.5) is 0 Å². The lowest BCUT2D eigenvalue weighted by Gasteiger charge is -2.24. The summed E-state index contributed by atoms with van der Waals surface area (Å²) in [5.74, 6) is -0.796. The average molecular weight is 1460 g/mol. The van der Waals surface area contributed by atoms with Gasteiger partial charge in [0.1, 0.15) is 19.8 Å². The van der Waals surface area contributed by atoms with Gasteiger partial charge in [-0.2, -0.15) is 0 Å². The molecule has 0 saturated heterocycles. The van der Waals surface area contributed by atoms with Crippen LogP contribution in [0.5, 0.6) is 0 Å². The molecule has 104 heavy (non-hydrogen) atoms. The molecule has 0 rings (SSSR count). The molecule has 0 heterocycles. The number of allylic oxidation sites excluding steroid dienone is 30. The van der Waals surface area contributed by atoms with Crippen LogP contribution in [0.2, 0.25) is 0 Å². The minimum atomic E-state index is -4.41. The van der Waals surface area contributed by atoms with Crippen LogP contribution in [0, 0.1) is 0 Å². The molecule has 0 amide bonds. The van der Waals surface area contributed by atoms with Gasteiger partial charge in [-0.15, -0.1) is 0 Å². The molecule has 9 nitrogen and oxygen atoms in total. The summed E-state index contributed by atoms with van der Waals surface area (Å²) in [6, 6.07) is 0. The molecular weight excluding hydrogens is 1300 g/mol. The Morgan fingerprint density at radius 1 is 0.298 bits per heavy atom. The number of carbonyl (C=O) groups excluding carboxylic acids is 2. The van der Waals surface area contributed by atoms with E-state index in [1.54, 1.807) is 0 Å². The van der Waals surface area contributed by atoms with Crippen LogP contribution in [0.15, 0.2) is 182 Å². The van der Waals surface area contributed by atoms with E-state index in [4.69, 9.17) is 18.5 Å². The first-order chi connectivity index (χ1) is 51.0. The Labute approximate surface area is 641 Å². The number of hydrogen-bond donors (Lipinski definition) is 1. The molecule has 0 aromatic heterocycles. The van der Waals surface area contributed by atoms with Crippen molar-refractivity contribution in [3.05, 3.63) is 182 Å². The predicted molar refractivity (Wildman–Crippen MR) is 454 cm³/mol. The Bertz CT molecular complexity index is 2420. The van der Waals surface area contributed by atoms with Crippen LogP contribution in [0.1, 0.15) is 348 Å². The molecule has 1 N–H and O–H groups in total. The number of nitrogens with zero attached hydrogens (tertiary/aromatic N) is 1. The first kappa shape index (κ1) is 99.1. The lowest BCUT2D eigenvalue weighted by atomic mass is 10.0. The molecule has 0 spiro atoms. The van der Waals surface area contributed by atoms with E-state index in [1.165, 1.54) is 173 Å². The third kappa shape index (κ3) is 86.0. The number of quaternary nitrogens is 1. The van der Waals surface area contributed by atoms with Gasteiger partial charge in [0.25, 0.3) is 0 Å². The molecule has 10 heteroatoms. The minimum absolute atomic E-state index is 0.0255. The fraction of sp³-hybridized carbons (Fsp3) is 0.660. The third-order valence-corrected chi connectivity index (χ3v) is 18.9. The van der Waals surface area contributed by atoms with E-state index in [-0.39, 0.29) is 32.0 Å². The standard InChI is InChI=1S/C94H158NO8P/c1-6-8-10-12-14-16-18-20-22-24-26-28-30-32-34-36-38-40-42-44-46-47-49-50-52-54-56-58-60-62-64-66-68-70-72-74-76-78-80-82-84-86-93(96)100-90-92(91-102-104(98,99)101-89-88-95(3,4)5)103-94(97)87-85-83-81-79-77-75-73-71-69-67-65-63-61-59-57-55-53-51-48-45-43-41-39-37-35-33-31-29-27-25-23-21-19-17-15-13-11-9-7-2/h8-11,14-17,20-23,26-29,32-35,38-41,45,48,53,55,59,61,92H,6-7,12-13,18-19,24-25,30-31,36-37,42-44,46-47,49-52,54,56-58,60,62-91H2,1-5H3/p+1/b10-8-,11-9-,16-14-,17-15-,22-20-,23-21-,28-26-,29-27-,34-32-,35-33-,40-38-,41-39-,48-45-,55-53-,61-59-. The van der Waals surface area contributed by atoms with Crippen molar-refractivity contribution >= 4 is 19.8 Å². The van der Waals surface area contributed by atoms with Gasteiger partial charge in [0.15, 0.2) is 6.10 Å². The second-order valence-electron chi connectivity index (χ2n) is 29.1. The van der Waals surface area contributed by atoms with Crippen molar-refractivity contribution in [2.45, 2.75) is 354 Å². The van der Waals surface area contributed by atoms with Crippen LogP contribution >= 0.6 is 7.82 Å². The molecule has 0 aliphatic rings. The SMILES string of the molecule is CC/C=C\C/C=C\C/C=C\C/C=C\C/C=C\C/C=C\C/C=C\C/C=C\C/C=C\CCCCCCCCCCCCCC(=O)OC(COC(=O)CCCCCCCCCCCCCCCCCCCCCCCC/C=C\C/C=C\C/C=C\C/C=C\C/C=C\C/C=C\CC)COP(=O)(O)OCC[N+](C)(C)C. The van der Waals surface area contributed by atoms with E-state index in [0.29, 0.717) is 17.4 Å². The van der Waals surface area contributed by atoms with Gasteiger partial charge < -0.3 is 18.9 Å². The number of ether oxygens (including phenoxy) is 2. The highest BCUT2D eigenvalue weighted by molar-refractivity contribution is 7.47.